The van der Waals surface area contributed by atoms with Crippen LogP contribution in [0.5, 0.6) is 0 Å². The molecule has 0 spiro atoms. The second-order valence-corrected chi connectivity index (χ2v) is 3.93. The van der Waals surface area contributed by atoms with Crippen LogP contribution < -0.4 is 10.6 Å². The van der Waals surface area contributed by atoms with E-state index >= 15 is 0 Å². The summed E-state index contributed by atoms with van der Waals surface area (Å²) in [5.41, 5.74) is 7.25. The van der Waals surface area contributed by atoms with Gasteiger partial charge in [0, 0.05) is 31.5 Å². The third-order valence-electron chi connectivity index (χ3n) is 2.47. The van der Waals surface area contributed by atoms with Crippen molar-refractivity contribution in [2.24, 2.45) is 0 Å². The van der Waals surface area contributed by atoms with Gasteiger partial charge in [-0.1, -0.05) is 12.1 Å². The summed E-state index contributed by atoms with van der Waals surface area (Å²) in [5.74, 6) is 0.547. The molecule has 3 nitrogen and oxygen atoms in total. The van der Waals surface area contributed by atoms with Gasteiger partial charge in [-0.25, -0.2) is 9.37 Å². The molecular formula is C13H14FN3. The summed E-state index contributed by atoms with van der Waals surface area (Å²) < 4.78 is 13.0. The van der Waals surface area contributed by atoms with E-state index in [4.69, 9.17) is 5.73 Å². The van der Waals surface area contributed by atoms with Gasteiger partial charge in [-0.05, 0) is 23.8 Å². The molecule has 4 heteroatoms. The Balaban J connectivity index is 2.14. The van der Waals surface area contributed by atoms with E-state index in [1.807, 2.05) is 18.0 Å². The molecule has 17 heavy (non-hydrogen) atoms. The van der Waals surface area contributed by atoms with Crippen molar-refractivity contribution in [1.82, 2.24) is 4.98 Å². The van der Waals surface area contributed by atoms with E-state index < -0.39 is 0 Å². The molecule has 2 aromatic rings. The van der Waals surface area contributed by atoms with E-state index in [0.29, 0.717) is 12.2 Å². The molecule has 0 aliphatic carbocycles. The quantitative estimate of drug-likeness (QED) is 0.882. The lowest BCUT2D eigenvalue weighted by atomic mass is 10.2. The monoisotopic (exact) mass is 231 g/mol. The standard InChI is InChI=1S/C13H14FN3/c1-17(13-8-12(15)5-6-16-13)9-10-3-2-4-11(14)7-10/h2-8H,9H2,1H3,(H2,15,16). The highest BCUT2D eigenvalue weighted by atomic mass is 19.1. The first kappa shape index (κ1) is 11.4. The lowest BCUT2D eigenvalue weighted by Crippen LogP contribution is -2.17. The van der Waals surface area contributed by atoms with Crippen molar-refractivity contribution in [3.63, 3.8) is 0 Å². The summed E-state index contributed by atoms with van der Waals surface area (Å²) in [6.07, 6.45) is 1.66. The number of halogens is 1. The molecule has 0 saturated heterocycles. The first-order valence-corrected chi connectivity index (χ1v) is 5.32. The molecule has 88 valence electrons. The topological polar surface area (TPSA) is 42.1 Å². The first-order valence-electron chi connectivity index (χ1n) is 5.32. The molecule has 0 saturated carbocycles. The molecule has 2 N–H and O–H groups in total. The summed E-state index contributed by atoms with van der Waals surface area (Å²) in [6, 6.07) is 10.1. The lowest BCUT2D eigenvalue weighted by molar-refractivity contribution is 0.625. The van der Waals surface area contributed by atoms with E-state index in [1.54, 1.807) is 24.4 Å². The van der Waals surface area contributed by atoms with E-state index in [2.05, 4.69) is 4.98 Å². The number of pyridine rings is 1. The predicted octanol–water partition coefficient (Wildman–Crippen LogP) is 2.44. The first-order chi connectivity index (χ1) is 8.15. The van der Waals surface area contributed by atoms with E-state index in [9.17, 15) is 4.39 Å². The van der Waals surface area contributed by atoms with Gasteiger partial charge in [0.1, 0.15) is 11.6 Å². The van der Waals surface area contributed by atoms with Crippen molar-refractivity contribution in [3.05, 3.63) is 54.0 Å². The largest absolute Gasteiger partial charge is 0.399 e. The fourth-order valence-electron chi connectivity index (χ4n) is 1.63. The predicted molar refractivity (Wildman–Crippen MR) is 67.2 cm³/mol. The van der Waals surface area contributed by atoms with Crippen molar-refractivity contribution in [3.8, 4) is 0 Å². The van der Waals surface area contributed by atoms with Gasteiger partial charge in [-0.3, -0.25) is 0 Å². The molecule has 0 aliphatic heterocycles. The Bertz CT molecular complexity index is 514. The average Bonchev–Trinajstić information content (AvgIpc) is 2.29. The zero-order valence-corrected chi connectivity index (χ0v) is 9.60. The van der Waals surface area contributed by atoms with Gasteiger partial charge in [-0.15, -0.1) is 0 Å². The molecule has 0 amide bonds. The van der Waals surface area contributed by atoms with E-state index in [0.717, 1.165) is 11.4 Å². The number of hydrogen-bond acceptors (Lipinski definition) is 3. The van der Waals surface area contributed by atoms with Crippen LogP contribution in [0.1, 0.15) is 5.56 Å². The molecule has 0 radical (unpaired) electrons. The van der Waals surface area contributed by atoms with Gasteiger partial charge in [0.25, 0.3) is 0 Å². The Hall–Kier alpha value is -2.10. The lowest BCUT2D eigenvalue weighted by Gasteiger charge is -2.18. The van der Waals surface area contributed by atoms with Gasteiger partial charge in [0.05, 0.1) is 0 Å². The minimum atomic E-state index is -0.226. The van der Waals surface area contributed by atoms with Crippen LogP contribution in [0, 0.1) is 5.82 Å². The molecule has 0 unspecified atom stereocenters. The minimum Gasteiger partial charge on any atom is -0.399 e. The number of aromatic nitrogens is 1. The van der Waals surface area contributed by atoms with Crippen LogP contribution in [0.25, 0.3) is 0 Å². The number of benzene rings is 1. The SMILES string of the molecule is CN(Cc1cccc(F)c1)c1cc(N)ccn1. The molecule has 2 rings (SSSR count). The summed E-state index contributed by atoms with van der Waals surface area (Å²) in [4.78, 5) is 6.13. The summed E-state index contributed by atoms with van der Waals surface area (Å²) in [7, 11) is 1.90. The Morgan fingerprint density at radius 2 is 2.12 bits per heavy atom. The van der Waals surface area contributed by atoms with Crippen LogP contribution in [0.3, 0.4) is 0 Å². The maximum Gasteiger partial charge on any atom is 0.130 e. The molecular weight excluding hydrogens is 217 g/mol. The minimum absolute atomic E-state index is 0.226. The fraction of sp³-hybridized carbons (Fsp3) is 0.154. The number of rotatable bonds is 3. The number of nitrogen functional groups attached to an aromatic ring is 1. The summed E-state index contributed by atoms with van der Waals surface area (Å²) in [5, 5.41) is 0. The van der Waals surface area contributed by atoms with Gasteiger partial charge in [0.2, 0.25) is 0 Å². The Kier molecular flexibility index (Phi) is 3.23. The molecule has 1 aromatic carbocycles. The van der Waals surface area contributed by atoms with Crippen LogP contribution in [-0.4, -0.2) is 12.0 Å². The molecule has 1 heterocycles. The van der Waals surface area contributed by atoms with Crippen molar-refractivity contribution < 1.29 is 4.39 Å². The van der Waals surface area contributed by atoms with Crippen LogP contribution in [0.2, 0.25) is 0 Å². The van der Waals surface area contributed by atoms with Gasteiger partial charge in [-0.2, -0.15) is 0 Å². The summed E-state index contributed by atoms with van der Waals surface area (Å²) >= 11 is 0. The van der Waals surface area contributed by atoms with Gasteiger partial charge >= 0.3 is 0 Å². The third-order valence-corrected chi connectivity index (χ3v) is 2.47. The van der Waals surface area contributed by atoms with Crippen molar-refractivity contribution in [2.75, 3.05) is 17.7 Å². The fourth-order valence-corrected chi connectivity index (χ4v) is 1.63. The van der Waals surface area contributed by atoms with Crippen LogP contribution in [0.4, 0.5) is 15.9 Å². The van der Waals surface area contributed by atoms with Crippen LogP contribution in [0.15, 0.2) is 42.6 Å². The molecule has 0 fully saturated rings. The van der Waals surface area contributed by atoms with Crippen molar-refractivity contribution >= 4 is 11.5 Å². The number of nitrogens with zero attached hydrogens (tertiary/aromatic N) is 2. The highest BCUT2D eigenvalue weighted by Gasteiger charge is 2.04. The Labute approximate surface area is 99.7 Å². The molecule has 0 atom stereocenters. The number of anilines is 2. The smallest absolute Gasteiger partial charge is 0.130 e. The zero-order valence-electron chi connectivity index (χ0n) is 9.60. The summed E-state index contributed by atoms with van der Waals surface area (Å²) in [6.45, 7) is 0.591. The molecule has 1 aromatic heterocycles. The maximum absolute atomic E-state index is 13.0. The highest BCUT2D eigenvalue weighted by molar-refractivity contribution is 5.50. The van der Waals surface area contributed by atoms with Crippen LogP contribution >= 0.6 is 0 Å². The van der Waals surface area contributed by atoms with Crippen molar-refractivity contribution in [1.29, 1.82) is 0 Å². The van der Waals surface area contributed by atoms with E-state index in [1.165, 1.54) is 12.1 Å². The normalized spacial score (nSPS) is 10.2. The van der Waals surface area contributed by atoms with Gasteiger partial charge < -0.3 is 10.6 Å². The molecule has 0 aliphatic rings. The Morgan fingerprint density at radius 1 is 1.29 bits per heavy atom. The van der Waals surface area contributed by atoms with Crippen molar-refractivity contribution in [2.45, 2.75) is 6.54 Å². The van der Waals surface area contributed by atoms with Crippen LogP contribution in [-0.2, 0) is 6.54 Å². The number of nitrogens with two attached hydrogens (primary N) is 1. The third kappa shape index (κ3) is 2.93. The zero-order chi connectivity index (χ0) is 12.3. The second-order valence-electron chi connectivity index (χ2n) is 3.93. The van der Waals surface area contributed by atoms with E-state index in [-0.39, 0.29) is 5.82 Å². The maximum atomic E-state index is 13.0. The highest BCUT2D eigenvalue weighted by Crippen LogP contribution is 2.15. The second kappa shape index (κ2) is 4.82. The average molecular weight is 231 g/mol. The number of hydrogen-bond donors (Lipinski definition) is 1. The molecule has 0 bridgehead atoms. The van der Waals surface area contributed by atoms with Gasteiger partial charge in [0.15, 0.2) is 0 Å². The Morgan fingerprint density at radius 3 is 2.82 bits per heavy atom.